The maximum atomic E-state index is 14.4. The highest BCUT2D eigenvalue weighted by Gasteiger charge is 2.48. The van der Waals surface area contributed by atoms with E-state index in [1.54, 1.807) is 38.4 Å². The lowest BCUT2D eigenvalue weighted by molar-refractivity contribution is -0.0435. The van der Waals surface area contributed by atoms with E-state index >= 15 is 0 Å². The second-order valence-corrected chi connectivity index (χ2v) is 20.6. The van der Waals surface area contributed by atoms with Crippen molar-refractivity contribution in [3.8, 4) is 11.1 Å². The summed E-state index contributed by atoms with van der Waals surface area (Å²) in [6.45, 7) is 3.93. The predicted octanol–water partition coefficient (Wildman–Crippen LogP) is 8.06. The Labute approximate surface area is 369 Å². The standard InChI is InChI=1S/C44H48F5N7O4S3/c1-54(2)21-17-33(28-61-41-10-6-5-9-38(41)46)52-39-16-15-35(25-42(39)62(57,58)44(47,48)49)63(59,60)53-43-37-20-24-56(27-40(37)50-29-51-43)34-18-22-55(23-19-34)26-31-7-3-4-8-36(31)30-11-13-32(45)14-12-30/h3-16,25,29,33-34,52H,17-24,26-28H2,1-2H3,(H,50,51,53). The van der Waals surface area contributed by atoms with Gasteiger partial charge in [-0.05, 0) is 119 Å². The third-order valence-electron chi connectivity index (χ3n) is 11.3. The molecule has 1 fully saturated rings. The van der Waals surface area contributed by atoms with E-state index in [0.29, 0.717) is 54.7 Å². The zero-order chi connectivity index (χ0) is 44.9. The van der Waals surface area contributed by atoms with E-state index in [9.17, 15) is 38.8 Å². The lowest BCUT2D eigenvalue weighted by Gasteiger charge is -2.40. The average Bonchev–Trinajstić information content (AvgIpc) is 3.25. The summed E-state index contributed by atoms with van der Waals surface area (Å²) in [5.74, 6) is -0.637. The second-order valence-electron chi connectivity index (χ2n) is 15.9. The number of aromatic nitrogens is 2. The number of piperidine rings is 1. The molecule has 0 saturated carbocycles. The van der Waals surface area contributed by atoms with Crippen molar-refractivity contribution >= 4 is 43.1 Å². The summed E-state index contributed by atoms with van der Waals surface area (Å²) < 4.78 is 127. The molecule has 7 rings (SSSR count). The van der Waals surface area contributed by atoms with Crippen LogP contribution in [0.15, 0.2) is 112 Å². The van der Waals surface area contributed by atoms with Crippen molar-refractivity contribution in [2.75, 3.05) is 56.1 Å². The first-order chi connectivity index (χ1) is 30.0. The van der Waals surface area contributed by atoms with Gasteiger partial charge in [0.15, 0.2) is 0 Å². The highest BCUT2D eigenvalue weighted by Crippen LogP contribution is 2.38. The first-order valence-electron chi connectivity index (χ1n) is 20.4. The van der Waals surface area contributed by atoms with E-state index < -0.39 is 52.7 Å². The molecule has 1 atom stereocenters. The van der Waals surface area contributed by atoms with Crippen LogP contribution in [0.1, 0.15) is 36.1 Å². The van der Waals surface area contributed by atoms with Gasteiger partial charge in [-0.15, -0.1) is 11.8 Å². The second kappa shape index (κ2) is 19.6. The zero-order valence-electron chi connectivity index (χ0n) is 34.7. The number of benzene rings is 4. The molecule has 63 heavy (non-hydrogen) atoms. The first kappa shape index (κ1) is 46.3. The van der Waals surface area contributed by atoms with Crippen molar-refractivity contribution in [1.82, 2.24) is 24.7 Å². The molecule has 5 aromatic rings. The Morgan fingerprint density at radius 2 is 1.60 bits per heavy atom. The maximum absolute atomic E-state index is 14.4. The number of sulfonamides is 1. The minimum absolute atomic E-state index is 0.0364. The number of halogens is 5. The Kier molecular flexibility index (Phi) is 14.4. The summed E-state index contributed by atoms with van der Waals surface area (Å²) in [4.78, 5) is 13.5. The molecule has 1 saturated heterocycles. The fraction of sp³-hybridized carbons (Fsp3) is 0.364. The highest BCUT2D eigenvalue weighted by molar-refractivity contribution is 7.99. The van der Waals surface area contributed by atoms with Gasteiger partial charge in [-0.2, -0.15) is 13.2 Å². The van der Waals surface area contributed by atoms with Gasteiger partial charge in [-0.3, -0.25) is 14.5 Å². The number of likely N-dealkylation sites (tertiary alicyclic amines) is 1. The van der Waals surface area contributed by atoms with Gasteiger partial charge in [-0.25, -0.2) is 35.6 Å². The van der Waals surface area contributed by atoms with Crippen LogP contribution in [0, 0.1) is 11.6 Å². The van der Waals surface area contributed by atoms with Crippen LogP contribution >= 0.6 is 11.8 Å². The number of anilines is 2. The zero-order valence-corrected chi connectivity index (χ0v) is 37.1. The molecule has 336 valence electrons. The molecule has 11 nitrogen and oxygen atoms in total. The Balaban J connectivity index is 1.04. The number of hydrogen-bond donors (Lipinski definition) is 2. The van der Waals surface area contributed by atoms with Crippen LogP contribution < -0.4 is 10.0 Å². The predicted molar refractivity (Wildman–Crippen MR) is 234 cm³/mol. The molecule has 2 aliphatic heterocycles. The molecule has 1 aromatic heterocycles. The molecule has 4 aromatic carbocycles. The SMILES string of the molecule is CN(C)CCC(CSc1ccccc1F)Nc1ccc(S(=O)(=O)Nc2ncnc3c2CCN(C2CCN(Cc4ccccc4-c4ccc(F)cc4)CC2)C3)cc1S(=O)(=O)C(F)(F)F. The van der Waals surface area contributed by atoms with Crippen molar-refractivity contribution in [1.29, 1.82) is 0 Å². The summed E-state index contributed by atoms with van der Waals surface area (Å²) in [5.41, 5.74) is -1.85. The van der Waals surface area contributed by atoms with Crippen LogP contribution in [0.4, 0.5) is 33.5 Å². The fourth-order valence-corrected chi connectivity index (χ4v) is 11.0. The number of sulfone groups is 1. The molecule has 19 heteroatoms. The average molecular weight is 930 g/mol. The Morgan fingerprint density at radius 3 is 2.32 bits per heavy atom. The van der Waals surface area contributed by atoms with E-state index in [1.807, 2.05) is 23.1 Å². The van der Waals surface area contributed by atoms with Gasteiger partial charge < -0.3 is 10.2 Å². The maximum Gasteiger partial charge on any atom is 0.501 e. The van der Waals surface area contributed by atoms with Gasteiger partial charge in [-0.1, -0.05) is 48.5 Å². The lowest BCUT2D eigenvalue weighted by atomic mass is 9.96. The first-order valence-corrected chi connectivity index (χ1v) is 24.3. The molecule has 2 aliphatic rings. The number of alkyl halides is 3. The molecule has 0 spiro atoms. The summed E-state index contributed by atoms with van der Waals surface area (Å²) in [6.07, 6.45) is 3.75. The van der Waals surface area contributed by atoms with E-state index in [-0.39, 0.29) is 23.4 Å². The molecule has 0 bridgehead atoms. The number of nitrogens with one attached hydrogen (secondary N) is 2. The third kappa shape index (κ3) is 11.2. The number of thioether (sulfide) groups is 1. The van der Waals surface area contributed by atoms with E-state index in [4.69, 9.17) is 0 Å². The highest BCUT2D eigenvalue weighted by atomic mass is 32.2. The minimum atomic E-state index is -6.06. The Bertz CT molecular complexity index is 2610. The van der Waals surface area contributed by atoms with Crippen LogP contribution in [-0.2, 0) is 39.4 Å². The number of rotatable bonds is 16. The van der Waals surface area contributed by atoms with Crippen LogP contribution in [0.25, 0.3) is 11.1 Å². The fourth-order valence-electron chi connectivity index (χ4n) is 7.93. The van der Waals surface area contributed by atoms with Gasteiger partial charge in [0.25, 0.3) is 19.9 Å². The molecule has 0 amide bonds. The summed E-state index contributed by atoms with van der Waals surface area (Å²) in [6, 6.07) is 22.8. The topological polar surface area (TPSA) is 128 Å². The van der Waals surface area contributed by atoms with Crippen LogP contribution in [0.3, 0.4) is 0 Å². The molecular formula is C44H48F5N7O4S3. The van der Waals surface area contributed by atoms with E-state index in [1.165, 1.54) is 30.6 Å². The van der Waals surface area contributed by atoms with Crippen molar-refractivity contribution in [2.24, 2.45) is 0 Å². The molecular weight excluding hydrogens is 882 g/mol. The van der Waals surface area contributed by atoms with Crippen LogP contribution in [-0.4, -0.2) is 105 Å². The quantitative estimate of drug-likeness (QED) is 0.0737. The summed E-state index contributed by atoms with van der Waals surface area (Å²) >= 11 is 1.11. The number of fused-ring (bicyclic) bond motifs is 1. The van der Waals surface area contributed by atoms with E-state index in [0.717, 1.165) is 73.1 Å². The van der Waals surface area contributed by atoms with E-state index in [2.05, 4.69) is 35.9 Å². The van der Waals surface area contributed by atoms with Crippen molar-refractivity contribution in [3.63, 3.8) is 0 Å². The molecule has 2 N–H and O–H groups in total. The smallest absolute Gasteiger partial charge is 0.380 e. The third-order valence-corrected chi connectivity index (χ3v) is 15.4. The van der Waals surface area contributed by atoms with Crippen molar-refractivity contribution in [2.45, 2.75) is 71.1 Å². The van der Waals surface area contributed by atoms with Gasteiger partial charge in [0.05, 0.1) is 16.3 Å². The van der Waals surface area contributed by atoms with Crippen molar-refractivity contribution < 1.29 is 38.8 Å². The minimum Gasteiger partial charge on any atom is -0.380 e. The summed E-state index contributed by atoms with van der Waals surface area (Å²) in [5, 5.41) is 2.89. The molecule has 3 heterocycles. The van der Waals surface area contributed by atoms with Crippen molar-refractivity contribution in [3.05, 3.63) is 126 Å². The number of hydrogen-bond acceptors (Lipinski definition) is 11. The molecule has 0 radical (unpaired) electrons. The van der Waals surface area contributed by atoms with Crippen LogP contribution in [0.5, 0.6) is 0 Å². The largest absolute Gasteiger partial charge is 0.501 e. The monoisotopic (exact) mass is 929 g/mol. The van der Waals surface area contributed by atoms with Gasteiger partial charge in [0.1, 0.15) is 28.7 Å². The Hall–Kier alpha value is -4.66. The lowest BCUT2D eigenvalue weighted by Crippen LogP contribution is -2.46. The summed E-state index contributed by atoms with van der Waals surface area (Å²) in [7, 11) is -7.14. The molecule has 0 aliphatic carbocycles. The number of nitrogens with zero attached hydrogens (tertiary/aromatic N) is 5. The Morgan fingerprint density at radius 1 is 0.889 bits per heavy atom. The van der Waals surface area contributed by atoms with Crippen LogP contribution in [0.2, 0.25) is 0 Å². The van der Waals surface area contributed by atoms with Gasteiger partial charge in [0.2, 0.25) is 0 Å². The van der Waals surface area contributed by atoms with Gasteiger partial charge in [0, 0.05) is 47.9 Å². The normalized spacial score (nSPS) is 16.2. The van der Waals surface area contributed by atoms with Gasteiger partial charge >= 0.3 is 5.51 Å². The molecule has 1 unspecified atom stereocenters.